The molecule has 1 aromatic heterocycles. The molecular weight excluding hydrogens is 270 g/mol. The average molecular weight is 299 g/mol. The lowest BCUT2D eigenvalue weighted by Crippen LogP contribution is -2.36. The number of hydrogen-bond donors (Lipinski definition) is 1. The van der Waals surface area contributed by atoms with E-state index in [2.05, 4.69) is 63.3 Å². The van der Waals surface area contributed by atoms with Crippen molar-refractivity contribution in [3.05, 3.63) is 34.5 Å². The number of nitrogens with zero attached hydrogens (tertiary/aromatic N) is 2. The molecule has 0 saturated carbocycles. The van der Waals surface area contributed by atoms with E-state index in [1.165, 1.54) is 33.3 Å². The molecule has 3 heteroatoms. The second-order valence-corrected chi connectivity index (χ2v) is 7.74. The zero-order chi connectivity index (χ0) is 16.2. The normalized spacial score (nSPS) is 17.2. The maximum atomic E-state index is 6.39. The summed E-state index contributed by atoms with van der Waals surface area (Å²) in [6.45, 7) is 13.3. The fourth-order valence-corrected chi connectivity index (χ4v) is 3.63. The highest BCUT2D eigenvalue weighted by atomic mass is 15.2. The lowest BCUT2D eigenvalue weighted by molar-refractivity contribution is 0.136. The van der Waals surface area contributed by atoms with Gasteiger partial charge in [-0.25, -0.2) is 0 Å². The van der Waals surface area contributed by atoms with Crippen molar-refractivity contribution in [2.24, 2.45) is 12.8 Å². The second-order valence-electron chi connectivity index (χ2n) is 7.74. The van der Waals surface area contributed by atoms with E-state index in [4.69, 9.17) is 5.73 Å². The maximum Gasteiger partial charge on any atom is 0.0486 e. The zero-order valence-electron chi connectivity index (χ0n) is 14.8. The molecule has 0 spiro atoms. The lowest BCUT2D eigenvalue weighted by atomic mass is 9.99. The predicted octanol–water partition coefficient (Wildman–Crippen LogP) is 4.01. The number of benzene rings is 1. The van der Waals surface area contributed by atoms with Crippen LogP contribution in [-0.2, 0) is 20.1 Å². The van der Waals surface area contributed by atoms with Crippen molar-refractivity contribution in [1.29, 1.82) is 0 Å². The first-order valence-corrected chi connectivity index (χ1v) is 8.35. The molecule has 1 aliphatic rings. The quantitative estimate of drug-likeness (QED) is 0.909. The summed E-state index contributed by atoms with van der Waals surface area (Å²) in [7, 11) is 2.16. The van der Waals surface area contributed by atoms with Crippen LogP contribution >= 0.6 is 0 Å². The minimum Gasteiger partial charge on any atom is -0.348 e. The van der Waals surface area contributed by atoms with Crippen molar-refractivity contribution in [1.82, 2.24) is 9.47 Å². The van der Waals surface area contributed by atoms with Crippen LogP contribution in [0.1, 0.15) is 62.5 Å². The molecule has 2 N–H and O–H groups in total. The molecule has 2 aromatic rings. The van der Waals surface area contributed by atoms with E-state index >= 15 is 0 Å². The molecule has 22 heavy (non-hydrogen) atoms. The largest absolute Gasteiger partial charge is 0.348 e. The van der Waals surface area contributed by atoms with Gasteiger partial charge in [-0.1, -0.05) is 6.92 Å². The van der Waals surface area contributed by atoms with E-state index in [1.807, 2.05) is 0 Å². The highest BCUT2D eigenvalue weighted by Crippen LogP contribution is 2.36. The Morgan fingerprint density at radius 1 is 1.18 bits per heavy atom. The summed E-state index contributed by atoms with van der Waals surface area (Å²) in [5.74, 6) is 0. The van der Waals surface area contributed by atoms with Gasteiger partial charge in [0.2, 0.25) is 0 Å². The van der Waals surface area contributed by atoms with Crippen LogP contribution in [-0.4, -0.2) is 15.0 Å². The standard InChI is InChI=1S/C19H29N3/c1-7-16(20)18-12(2)21(6)17-9-14-11-22(19(3,4)5)10-13(14)8-15(17)18/h8-9,16H,7,10-11,20H2,1-6H3. The second kappa shape index (κ2) is 5.10. The number of fused-ring (bicyclic) bond motifs is 2. The predicted molar refractivity (Wildman–Crippen MR) is 93.9 cm³/mol. The van der Waals surface area contributed by atoms with Crippen LogP contribution in [0.3, 0.4) is 0 Å². The number of hydrogen-bond acceptors (Lipinski definition) is 2. The van der Waals surface area contributed by atoms with Crippen molar-refractivity contribution in [2.45, 2.75) is 65.7 Å². The Morgan fingerprint density at radius 2 is 1.77 bits per heavy atom. The Kier molecular flexibility index (Phi) is 3.61. The molecule has 0 saturated heterocycles. The van der Waals surface area contributed by atoms with Crippen molar-refractivity contribution in [3.8, 4) is 0 Å². The number of rotatable bonds is 2. The average Bonchev–Trinajstić information content (AvgIpc) is 2.97. The van der Waals surface area contributed by atoms with Crippen molar-refractivity contribution >= 4 is 10.9 Å². The minimum absolute atomic E-state index is 0.127. The van der Waals surface area contributed by atoms with E-state index in [1.54, 1.807) is 0 Å². The molecule has 3 rings (SSSR count). The molecule has 1 atom stereocenters. The maximum absolute atomic E-state index is 6.39. The first-order chi connectivity index (χ1) is 10.2. The third kappa shape index (κ3) is 2.27. The van der Waals surface area contributed by atoms with Gasteiger partial charge in [-0.3, -0.25) is 4.90 Å². The molecule has 1 aliphatic heterocycles. The SMILES string of the molecule is CCC(N)c1c(C)n(C)c2cc3c(cc12)CN(C(C)(C)C)C3. The Balaban J connectivity index is 2.15. The lowest BCUT2D eigenvalue weighted by Gasteiger charge is -2.31. The molecule has 120 valence electrons. The van der Waals surface area contributed by atoms with E-state index < -0.39 is 0 Å². The highest BCUT2D eigenvalue weighted by molar-refractivity contribution is 5.87. The van der Waals surface area contributed by atoms with Crippen LogP contribution in [0, 0.1) is 6.92 Å². The summed E-state index contributed by atoms with van der Waals surface area (Å²) in [6.07, 6.45) is 0.977. The smallest absolute Gasteiger partial charge is 0.0486 e. The zero-order valence-corrected chi connectivity index (χ0v) is 14.8. The van der Waals surface area contributed by atoms with Gasteiger partial charge in [-0.15, -0.1) is 0 Å². The molecule has 0 amide bonds. The van der Waals surface area contributed by atoms with Gasteiger partial charge in [0.25, 0.3) is 0 Å². The monoisotopic (exact) mass is 299 g/mol. The molecule has 0 fully saturated rings. The van der Waals surface area contributed by atoms with Crippen LogP contribution in [0.5, 0.6) is 0 Å². The summed E-state index contributed by atoms with van der Waals surface area (Å²) in [5, 5.41) is 1.35. The Labute approximate surface area is 134 Å². The number of aromatic nitrogens is 1. The molecule has 0 radical (unpaired) electrons. The van der Waals surface area contributed by atoms with Gasteiger partial charge in [-0.2, -0.15) is 0 Å². The summed E-state index contributed by atoms with van der Waals surface area (Å²) in [5.41, 5.74) is 13.5. The van der Waals surface area contributed by atoms with Crippen LogP contribution < -0.4 is 5.73 Å². The van der Waals surface area contributed by atoms with Gasteiger partial charge in [0.15, 0.2) is 0 Å². The summed E-state index contributed by atoms with van der Waals surface area (Å²) in [6, 6.07) is 4.91. The molecule has 3 nitrogen and oxygen atoms in total. The van der Waals surface area contributed by atoms with Crippen molar-refractivity contribution in [2.75, 3.05) is 0 Å². The Hall–Kier alpha value is -1.32. The summed E-state index contributed by atoms with van der Waals surface area (Å²) < 4.78 is 2.31. The third-order valence-electron chi connectivity index (χ3n) is 5.34. The van der Waals surface area contributed by atoms with Crippen LogP contribution in [0.25, 0.3) is 10.9 Å². The number of aryl methyl sites for hydroxylation is 1. The Morgan fingerprint density at radius 3 is 2.32 bits per heavy atom. The van der Waals surface area contributed by atoms with E-state index in [0.717, 1.165) is 19.5 Å². The van der Waals surface area contributed by atoms with Gasteiger partial charge in [0, 0.05) is 48.3 Å². The highest BCUT2D eigenvalue weighted by Gasteiger charge is 2.29. The van der Waals surface area contributed by atoms with Crippen molar-refractivity contribution in [3.63, 3.8) is 0 Å². The van der Waals surface area contributed by atoms with E-state index in [9.17, 15) is 0 Å². The molecular formula is C19H29N3. The van der Waals surface area contributed by atoms with E-state index in [0.29, 0.717) is 0 Å². The molecule has 1 aromatic carbocycles. The molecule has 1 unspecified atom stereocenters. The van der Waals surface area contributed by atoms with Gasteiger partial charge >= 0.3 is 0 Å². The van der Waals surface area contributed by atoms with Crippen molar-refractivity contribution < 1.29 is 0 Å². The summed E-state index contributed by atoms with van der Waals surface area (Å²) in [4.78, 5) is 2.54. The molecule has 0 aliphatic carbocycles. The van der Waals surface area contributed by atoms with Crippen LogP contribution in [0.2, 0.25) is 0 Å². The molecule has 2 heterocycles. The van der Waals surface area contributed by atoms with Gasteiger partial charge in [0.05, 0.1) is 0 Å². The van der Waals surface area contributed by atoms with Gasteiger partial charge in [-0.05, 0) is 62.9 Å². The number of nitrogens with two attached hydrogens (primary N) is 1. The fraction of sp³-hybridized carbons (Fsp3) is 0.579. The Bertz CT molecular complexity index is 719. The first-order valence-electron chi connectivity index (χ1n) is 8.35. The van der Waals surface area contributed by atoms with E-state index in [-0.39, 0.29) is 11.6 Å². The minimum atomic E-state index is 0.127. The first kappa shape index (κ1) is 15.6. The topological polar surface area (TPSA) is 34.2 Å². The van der Waals surface area contributed by atoms with Crippen LogP contribution in [0.15, 0.2) is 12.1 Å². The van der Waals surface area contributed by atoms with Gasteiger partial charge < -0.3 is 10.3 Å². The fourth-order valence-electron chi connectivity index (χ4n) is 3.63. The molecule has 0 bridgehead atoms. The third-order valence-corrected chi connectivity index (χ3v) is 5.34. The summed E-state index contributed by atoms with van der Waals surface area (Å²) >= 11 is 0. The van der Waals surface area contributed by atoms with Crippen LogP contribution in [0.4, 0.5) is 0 Å². The van der Waals surface area contributed by atoms with Gasteiger partial charge in [0.1, 0.15) is 0 Å².